The normalized spacial score (nSPS) is 20.6. The summed E-state index contributed by atoms with van der Waals surface area (Å²) in [6.07, 6.45) is 0. The Morgan fingerprint density at radius 3 is 2.63 bits per heavy atom. The average Bonchev–Trinajstić information content (AvgIpc) is 2.82. The van der Waals surface area contributed by atoms with E-state index in [4.69, 9.17) is 5.11 Å². The molecule has 19 heavy (non-hydrogen) atoms. The summed E-state index contributed by atoms with van der Waals surface area (Å²) < 4.78 is 26.0. The van der Waals surface area contributed by atoms with Gasteiger partial charge in [0.25, 0.3) is 0 Å². The van der Waals surface area contributed by atoms with E-state index in [2.05, 4.69) is 0 Å². The van der Waals surface area contributed by atoms with Gasteiger partial charge in [0.1, 0.15) is 6.04 Å². The van der Waals surface area contributed by atoms with Gasteiger partial charge in [-0.05, 0) is 37.1 Å². The molecule has 1 heterocycles. The van der Waals surface area contributed by atoms with Crippen LogP contribution in [0.4, 0.5) is 0 Å². The number of carboxylic acids is 1. The molecule has 7 heteroatoms. The number of nitrogens with zero attached hydrogens (tertiary/aromatic N) is 1. The first-order valence-corrected chi connectivity index (χ1v) is 8.33. The van der Waals surface area contributed by atoms with Crippen molar-refractivity contribution in [1.82, 2.24) is 4.31 Å². The summed E-state index contributed by atoms with van der Waals surface area (Å²) in [7, 11) is -3.74. The Hall–Kier alpha value is -1.05. The molecule has 1 N–H and O–H groups in total. The molecular weight excluding hydrogens is 286 g/mol. The summed E-state index contributed by atoms with van der Waals surface area (Å²) >= 11 is 1.31. The van der Waals surface area contributed by atoms with Crippen LogP contribution in [0, 0.1) is 13.8 Å². The average molecular weight is 301 g/mol. The summed E-state index contributed by atoms with van der Waals surface area (Å²) in [6, 6.07) is 3.88. The maximum atomic E-state index is 12.5. The van der Waals surface area contributed by atoms with Crippen LogP contribution < -0.4 is 0 Å². The summed E-state index contributed by atoms with van der Waals surface area (Å²) in [4.78, 5) is 11.2. The van der Waals surface area contributed by atoms with Crippen molar-refractivity contribution < 1.29 is 18.3 Å². The molecule has 1 saturated heterocycles. The second-order valence-corrected chi connectivity index (χ2v) is 7.38. The molecule has 1 aliphatic heterocycles. The van der Waals surface area contributed by atoms with Crippen LogP contribution in [0.5, 0.6) is 0 Å². The van der Waals surface area contributed by atoms with Gasteiger partial charge >= 0.3 is 5.97 Å². The van der Waals surface area contributed by atoms with Gasteiger partial charge in [-0.25, -0.2) is 8.42 Å². The Labute approximate surface area is 116 Å². The first-order valence-electron chi connectivity index (χ1n) is 5.73. The van der Waals surface area contributed by atoms with Gasteiger partial charge in [-0.15, -0.1) is 11.8 Å². The Balaban J connectivity index is 2.42. The fourth-order valence-electron chi connectivity index (χ4n) is 1.87. The smallest absolute Gasteiger partial charge is 0.322 e. The van der Waals surface area contributed by atoms with Gasteiger partial charge in [0.2, 0.25) is 10.0 Å². The highest BCUT2D eigenvalue weighted by atomic mass is 32.2. The van der Waals surface area contributed by atoms with Crippen molar-refractivity contribution >= 4 is 27.8 Å². The zero-order valence-electron chi connectivity index (χ0n) is 10.7. The number of thioether (sulfide) groups is 1. The first kappa shape index (κ1) is 14.4. The number of hydrogen-bond donors (Lipinski definition) is 1. The van der Waals surface area contributed by atoms with E-state index in [0.29, 0.717) is 5.75 Å². The van der Waals surface area contributed by atoms with E-state index in [1.165, 1.54) is 17.8 Å². The predicted octanol–water partition coefficient (Wildman–Crippen LogP) is 1.45. The maximum absolute atomic E-state index is 12.5. The van der Waals surface area contributed by atoms with Crippen LogP contribution >= 0.6 is 11.8 Å². The van der Waals surface area contributed by atoms with E-state index in [1.807, 2.05) is 13.8 Å². The monoisotopic (exact) mass is 301 g/mol. The zero-order valence-corrected chi connectivity index (χ0v) is 12.3. The number of carbonyl (C=O) groups is 1. The molecule has 0 bridgehead atoms. The fraction of sp³-hybridized carbons (Fsp3) is 0.417. The molecule has 0 spiro atoms. The molecule has 1 fully saturated rings. The van der Waals surface area contributed by atoms with Crippen LogP contribution in [0.3, 0.4) is 0 Å². The Bertz CT molecular complexity index is 612. The minimum absolute atomic E-state index is 0.157. The lowest BCUT2D eigenvalue weighted by Gasteiger charge is -2.20. The number of sulfonamides is 1. The minimum atomic E-state index is -3.74. The van der Waals surface area contributed by atoms with Crippen LogP contribution in [0.15, 0.2) is 23.1 Å². The largest absolute Gasteiger partial charge is 0.480 e. The van der Waals surface area contributed by atoms with E-state index in [1.54, 1.807) is 12.1 Å². The third-order valence-electron chi connectivity index (χ3n) is 3.21. The zero-order chi connectivity index (χ0) is 14.2. The molecule has 1 aromatic carbocycles. The third kappa shape index (κ3) is 2.63. The van der Waals surface area contributed by atoms with Crippen LogP contribution in [0.2, 0.25) is 0 Å². The summed E-state index contributed by atoms with van der Waals surface area (Å²) in [5, 5.41) is 9.07. The molecule has 5 nitrogen and oxygen atoms in total. The highest BCUT2D eigenvalue weighted by Gasteiger charge is 2.40. The van der Waals surface area contributed by atoms with Gasteiger partial charge in [-0.3, -0.25) is 4.79 Å². The molecule has 0 aromatic heterocycles. The molecule has 0 amide bonds. The lowest BCUT2D eigenvalue weighted by Crippen LogP contribution is -2.41. The highest BCUT2D eigenvalue weighted by molar-refractivity contribution is 8.00. The lowest BCUT2D eigenvalue weighted by molar-refractivity contribution is -0.140. The van der Waals surface area contributed by atoms with Gasteiger partial charge < -0.3 is 5.11 Å². The van der Waals surface area contributed by atoms with Crippen molar-refractivity contribution in [3.05, 3.63) is 29.3 Å². The van der Waals surface area contributed by atoms with Gasteiger partial charge in [-0.1, -0.05) is 6.07 Å². The van der Waals surface area contributed by atoms with E-state index in [-0.39, 0.29) is 10.8 Å². The molecule has 0 aliphatic carbocycles. The summed E-state index contributed by atoms with van der Waals surface area (Å²) in [5.74, 6) is -0.622. The van der Waals surface area contributed by atoms with Crippen molar-refractivity contribution in [3.8, 4) is 0 Å². The quantitative estimate of drug-likeness (QED) is 0.914. The van der Waals surface area contributed by atoms with Crippen LogP contribution in [0.25, 0.3) is 0 Å². The van der Waals surface area contributed by atoms with Crippen LogP contribution in [-0.2, 0) is 14.8 Å². The third-order valence-corrected chi connectivity index (χ3v) is 6.24. The van der Waals surface area contributed by atoms with Gasteiger partial charge in [0.05, 0.1) is 10.8 Å². The van der Waals surface area contributed by atoms with Gasteiger partial charge in [0, 0.05) is 5.75 Å². The number of aliphatic carboxylic acids is 1. The Morgan fingerprint density at radius 1 is 1.37 bits per heavy atom. The number of rotatable bonds is 3. The lowest BCUT2D eigenvalue weighted by atomic mass is 10.1. The summed E-state index contributed by atoms with van der Waals surface area (Å²) in [5.41, 5.74) is 1.88. The van der Waals surface area contributed by atoms with E-state index in [9.17, 15) is 13.2 Å². The second-order valence-electron chi connectivity index (χ2n) is 4.49. The predicted molar refractivity (Wildman–Crippen MR) is 73.7 cm³/mol. The molecule has 2 rings (SSSR count). The van der Waals surface area contributed by atoms with Gasteiger partial charge in [0.15, 0.2) is 0 Å². The van der Waals surface area contributed by atoms with E-state index >= 15 is 0 Å². The van der Waals surface area contributed by atoms with Crippen molar-refractivity contribution in [1.29, 1.82) is 0 Å². The Kier molecular flexibility index (Phi) is 3.89. The molecule has 0 unspecified atom stereocenters. The van der Waals surface area contributed by atoms with Crippen molar-refractivity contribution in [2.24, 2.45) is 0 Å². The number of benzene rings is 1. The number of hydrogen-bond acceptors (Lipinski definition) is 4. The van der Waals surface area contributed by atoms with Crippen molar-refractivity contribution in [2.45, 2.75) is 24.8 Å². The van der Waals surface area contributed by atoms with Gasteiger partial charge in [-0.2, -0.15) is 4.31 Å². The molecular formula is C12H15NO4S2. The molecule has 1 atom stereocenters. The molecule has 0 radical (unpaired) electrons. The SMILES string of the molecule is Cc1ccc(S(=O)(=O)N2CSC[C@@H]2C(=O)O)cc1C. The maximum Gasteiger partial charge on any atom is 0.322 e. The van der Waals surface area contributed by atoms with Crippen LogP contribution in [-0.4, -0.2) is 41.5 Å². The van der Waals surface area contributed by atoms with E-state index < -0.39 is 22.0 Å². The Morgan fingerprint density at radius 2 is 2.05 bits per heavy atom. The molecule has 1 aromatic rings. The topological polar surface area (TPSA) is 74.7 Å². The van der Waals surface area contributed by atoms with Crippen molar-refractivity contribution in [3.63, 3.8) is 0 Å². The van der Waals surface area contributed by atoms with Crippen LogP contribution in [0.1, 0.15) is 11.1 Å². The summed E-state index contributed by atoms with van der Waals surface area (Å²) in [6.45, 7) is 3.74. The second kappa shape index (κ2) is 5.15. The number of carboxylic acid groups (broad SMARTS) is 1. The highest BCUT2D eigenvalue weighted by Crippen LogP contribution is 2.29. The van der Waals surface area contributed by atoms with E-state index in [0.717, 1.165) is 15.4 Å². The standard InChI is InChI=1S/C12H15NO4S2/c1-8-3-4-10(5-9(8)2)19(16,17)13-7-18-6-11(13)12(14)15/h3-5,11H,6-7H2,1-2H3,(H,14,15)/t11-/m1/s1. The molecule has 104 valence electrons. The molecule has 0 saturated carbocycles. The van der Waals surface area contributed by atoms with Crippen molar-refractivity contribution in [2.75, 3.05) is 11.6 Å². The minimum Gasteiger partial charge on any atom is -0.480 e. The first-order chi connectivity index (χ1) is 8.84. The number of aryl methyl sites for hydroxylation is 2. The molecule has 1 aliphatic rings. The fourth-order valence-corrected chi connectivity index (χ4v) is 5.09.